The van der Waals surface area contributed by atoms with Gasteiger partial charge >= 0.3 is 6.03 Å². The van der Waals surface area contributed by atoms with Crippen molar-refractivity contribution < 1.29 is 9.90 Å². The maximum Gasteiger partial charge on any atom is 0.315 e. The van der Waals surface area contributed by atoms with E-state index in [0.717, 1.165) is 57.4 Å². The molecule has 1 aliphatic carbocycles. The molecule has 0 atom stereocenters. The van der Waals surface area contributed by atoms with Crippen molar-refractivity contribution in [2.24, 2.45) is 5.92 Å². The van der Waals surface area contributed by atoms with E-state index in [-0.39, 0.29) is 24.7 Å². The van der Waals surface area contributed by atoms with Crippen molar-refractivity contribution in [3.8, 4) is 0 Å². The molecule has 1 aliphatic heterocycles. The molecule has 0 bridgehead atoms. The molecule has 0 radical (unpaired) electrons. The molecular formula is C19H30N4O2. The predicted octanol–water partition coefficient (Wildman–Crippen LogP) is 2.21. The highest BCUT2D eigenvalue weighted by atomic mass is 16.3. The van der Waals surface area contributed by atoms with Gasteiger partial charge in [-0.1, -0.05) is 6.07 Å². The average molecular weight is 346 g/mol. The minimum absolute atomic E-state index is 0.0423. The second-order valence-electron chi connectivity index (χ2n) is 7.47. The average Bonchev–Trinajstić information content (AvgIpc) is 2.64. The van der Waals surface area contributed by atoms with E-state index in [2.05, 4.69) is 32.7 Å². The molecule has 0 aromatic carbocycles. The zero-order chi connectivity index (χ0) is 17.6. The molecule has 138 valence electrons. The smallest absolute Gasteiger partial charge is 0.315 e. The van der Waals surface area contributed by atoms with Crippen LogP contribution < -0.4 is 15.5 Å². The molecule has 0 spiro atoms. The summed E-state index contributed by atoms with van der Waals surface area (Å²) in [6, 6.07) is 4.60. The summed E-state index contributed by atoms with van der Waals surface area (Å²) >= 11 is 0. The molecule has 2 amide bonds. The van der Waals surface area contributed by atoms with Crippen LogP contribution in [-0.2, 0) is 0 Å². The van der Waals surface area contributed by atoms with Crippen molar-refractivity contribution in [3.05, 3.63) is 23.9 Å². The Morgan fingerprint density at radius 1 is 1.12 bits per heavy atom. The lowest BCUT2D eigenvalue weighted by Crippen LogP contribution is -2.50. The van der Waals surface area contributed by atoms with Gasteiger partial charge in [0.15, 0.2) is 0 Å². The van der Waals surface area contributed by atoms with Crippen LogP contribution in [0.15, 0.2) is 18.3 Å². The number of piperidine rings is 1. The van der Waals surface area contributed by atoms with Crippen molar-refractivity contribution in [2.45, 2.75) is 57.5 Å². The number of anilines is 1. The van der Waals surface area contributed by atoms with Gasteiger partial charge in [-0.05, 0) is 63.0 Å². The standard InChI is InChI=1S/C19H30N4O2/c1-14-2-7-18(20-12-14)23-10-8-17(9-11-23)22-19(25)21-16-5-3-15(13-24)4-6-16/h2,7,12,15-17,24H,3-6,8-11,13H2,1H3,(H2,21,22,25). The maximum absolute atomic E-state index is 12.2. The molecular weight excluding hydrogens is 316 g/mol. The fourth-order valence-corrected chi connectivity index (χ4v) is 3.80. The minimum Gasteiger partial charge on any atom is -0.396 e. The third-order valence-corrected chi connectivity index (χ3v) is 5.49. The van der Waals surface area contributed by atoms with Gasteiger partial charge in [0.05, 0.1) is 0 Å². The van der Waals surface area contributed by atoms with Crippen LogP contribution in [0.5, 0.6) is 0 Å². The monoisotopic (exact) mass is 346 g/mol. The Balaban J connectivity index is 1.38. The zero-order valence-electron chi connectivity index (χ0n) is 15.1. The number of aromatic nitrogens is 1. The molecule has 0 unspecified atom stereocenters. The topological polar surface area (TPSA) is 77.5 Å². The molecule has 6 nitrogen and oxygen atoms in total. The number of hydrogen-bond donors (Lipinski definition) is 3. The van der Waals surface area contributed by atoms with Crippen LogP contribution in [-0.4, -0.2) is 47.9 Å². The van der Waals surface area contributed by atoms with Crippen molar-refractivity contribution in [2.75, 3.05) is 24.6 Å². The summed E-state index contributed by atoms with van der Waals surface area (Å²) in [5.41, 5.74) is 1.17. The lowest BCUT2D eigenvalue weighted by molar-refractivity contribution is 0.174. The van der Waals surface area contributed by atoms with E-state index in [9.17, 15) is 9.90 Å². The largest absolute Gasteiger partial charge is 0.396 e. The zero-order valence-corrected chi connectivity index (χ0v) is 15.1. The van der Waals surface area contributed by atoms with E-state index >= 15 is 0 Å². The summed E-state index contributed by atoms with van der Waals surface area (Å²) in [6.07, 6.45) is 7.73. The molecule has 1 aromatic heterocycles. The first-order chi connectivity index (χ1) is 12.1. The molecule has 2 aliphatic rings. The summed E-state index contributed by atoms with van der Waals surface area (Å²) in [4.78, 5) is 19.0. The van der Waals surface area contributed by atoms with E-state index in [4.69, 9.17) is 0 Å². The molecule has 2 heterocycles. The van der Waals surface area contributed by atoms with Crippen LogP contribution in [0.1, 0.15) is 44.1 Å². The Morgan fingerprint density at radius 3 is 2.32 bits per heavy atom. The van der Waals surface area contributed by atoms with Crippen molar-refractivity contribution in [3.63, 3.8) is 0 Å². The highest BCUT2D eigenvalue weighted by Crippen LogP contribution is 2.23. The number of amides is 2. The van der Waals surface area contributed by atoms with Gasteiger partial charge < -0.3 is 20.6 Å². The summed E-state index contributed by atoms with van der Waals surface area (Å²) < 4.78 is 0. The third kappa shape index (κ3) is 5.08. The molecule has 3 N–H and O–H groups in total. The first-order valence-electron chi connectivity index (χ1n) is 9.49. The van der Waals surface area contributed by atoms with Gasteiger partial charge in [0.2, 0.25) is 0 Å². The van der Waals surface area contributed by atoms with Gasteiger partial charge in [-0.3, -0.25) is 0 Å². The Bertz CT molecular complexity index is 547. The SMILES string of the molecule is Cc1ccc(N2CCC(NC(=O)NC3CCC(CO)CC3)CC2)nc1. The third-order valence-electron chi connectivity index (χ3n) is 5.49. The van der Waals surface area contributed by atoms with Crippen molar-refractivity contribution in [1.29, 1.82) is 0 Å². The van der Waals surface area contributed by atoms with Gasteiger partial charge in [-0.25, -0.2) is 9.78 Å². The molecule has 1 saturated carbocycles. The van der Waals surface area contributed by atoms with Gasteiger partial charge in [-0.15, -0.1) is 0 Å². The predicted molar refractivity (Wildman–Crippen MR) is 98.7 cm³/mol. The van der Waals surface area contributed by atoms with Crippen LogP contribution in [0, 0.1) is 12.8 Å². The number of pyridine rings is 1. The minimum atomic E-state index is -0.0423. The van der Waals surface area contributed by atoms with Gasteiger partial charge in [-0.2, -0.15) is 0 Å². The Morgan fingerprint density at radius 2 is 1.76 bits per heavy atom. The van der Waals surface area contributed by atoms with Gasteiger partial charge in [0, 0.05) is 38.0 Å². The normalized spacial score (nSPS) is 24.8. The molecule has 6 heteroatoms. The Labute approximate surface area is 150 Å². The molecule has 1 aromatic rings. The number of carbonyl (C=O) groups is 1. The number of aliphatic hydroxyl groups is 1. The van der Waals surface area contributed by atoms with Crippen LogP contribution in [0.3, 0.4) is 0 Å². The van der Waals surface area contributed by atoms with E-state index in [1.54, 1.807) is 0 Å². The maximum atomic E-state index is 12.2. The Kier molecular flexibility index (Phi) is 6.13. The van der Waals surface area contributed by atoms with E-state index in [1.807, 2.05) is 13.1 Å². The lowest BCUT2D eigenvalue weighted by atomic mass is 9.87. The first-order valence-corrected chi connectivity index (χ1v) is 9.49. The number of nitrogens with one attached hydrogen (secondary N) is 2. The number of hydrogen-bond acceptors (Lipinski definition) is 4. The number of nitrogens with zero attached hydrogens (tertiary/aromatic N) is 2. The number of rotatable bonds is 4. The first kappa shape index (κ1) is 18.0. The quantitative estimate of drug-likeness (QED) is 0.781. The summed E-state index contributed by atoms with van der Waals surface area (Å²) in [5, 5.41) is 15.4. The summed E-state index contributed by atoms with van der Waals surface area (Å²) in [5.74, 6) is 1.44. The molecule has 25 heavy (non-hydrogen) atoms. The molecule has 1 saturated heterocycles. The van der Waals surface area contributed by atoms with Crippen LogP contribution >= 0.6 is 0 Å². The van der Waals surface area contributed by atoms with Gasteiger partial charge in [0.25, 0.3) is 0 Å². The highest BCUT2D eigenvalue weighted by Gasteiger charge is 2.24. The van der Waals surface area contributed by atoms with Gasteiger partial charge in [0.1, 0.15) is 5.82 Å². The van der Waals surface area contributed by atoms with E-state index < -0.39 is 0 Å². The number of carbonyl (C=O) groups excluding carboxylic acids is 1. The number of urea groups is 1. The summed E-state index contributed by atoms with van der Waals surface area (Å²) in [7, 11) is 0. The van der Waals surface area contributed by atoms with Crippen molar-refractivity contribution in [1.82, 2.24) is 15.6 Å². The van der Waals surface area contributed by atoms with Crippen LogP contribution in [0.2, 0.25) is 0 Å². The second kappa shape index (κ2) is 8.52. The summed E-state index contributed by atoms with van der Waals surface area (Å²) in [6.45, 7) is 4.15. The number of aliphatic hydroxyl groups excluding tert-OH is 1. The highest BCUT2D eigenvalue weighted by molar-refractivity contribution is 5.74. The fraction of sp³-hybridized carbons (Fsp3) is 0.684. The molecule has 3 rings (SSSR count). The molecule has 2 fully saturated rings. The Hall–Kier alpha value is -1.82. The second-order valence-corrected chi connectivity index (χ2v) is 7.47. The van der Waals surface area contributed by atoms with Crippen LogP contribution in [0.4, 0.5) is 10.6 Å². The van der Waals surface area contributed by atoms with Crippen molar-refractivity contribution >= 4 is 11.8 Å². The fourth-order valence-electron chi connectivity index (χ4n) is 3.80. The number of aryl methyl sites for hydroxylation is 1. The van der Waals surface area contributed by atoms with E-state index in [1.165, 1.54) is 5.56 Å². The lowest BCUT2D eigenvalue weighted by Gasteiger charge is -2.34. The van der Waals surface area contributed by atoms with Crippen LogP contribution in [0.25, 0.3) is 0 Å². The van der Waals surface area contributed by atoms with E-state index in [0.29, 0.717) is 5.92 Å².